The van der Waals surface area contributed by atoms with Crippen molar-refractivity contribution in [2.45, 2.75) is 31.3 Å². The lowest BCUT2D eigenvalue weighted by atomic mass is 9.74. The standard InChI is InChI=1S/C21H22Br2FN3O/c1-14(17-3-2-4-18-19(17)27(23)26-20(18)22)28-13-21(9-11-25-12-10-21)15-5-7-16(24)8-6-15/h2-8,14,25H,9-13H2,1H3. The van der Waals surface area contributed by atoms with Crippen LogP contribution in [0.15, 0.2) is 47.1 Å². The number of fused-ring (bicyclic) bond motifs is 1. The maximum absolute atomic E-state index is 13.4. The average Bonchev–Trinajstić information content (AvgIpc) is 3.01. The Morgan fingerprint density at radius 3 is 2.64 bits per heavy atom. The van der Waals surface area contributed by atoms with Crippen molar-refractivity contribution in [2.75, 3.05) is 19.7 Å². The smallest absolute Gasteiger partial charge is 0.137 e. The number of halogens is 3. The summed E-state index contributed by atoms with van der Waals surface area (Å²) in [6.07, 6.45) is 1.84. The normalized spacial score (nSPS) is 17.7. The molecule has 148 valence electrons. The lowest BCUT2D eigenvalue weighted by Gasteiger charge is -2.38. The van der Waals surface area contributed by atoms with Gasteiger partial charge in [0.25, 0.3) is 0 Å². The van der Waals surface area contributed by atoms with E-state index in [1.165, 1.54) is 0 Å². The van der Waals surface area contributed by atoms with Gasteiger partial charge in [0.15, 0.2) is 0 Å². The van der Waals surface area contributed by atoms with Gasteiger partial charge in [-0.1, -0.05) is 24.3 Å². The minimum absolute atomic E-state index is 0.101. The van der Waals surface area contributed by atoms with E-state index >= 15 is 0 Å². The molecule has 1 unspecified atom stereocenters. The number of aromatic nitrogens is 2. The Balaban J connectivity index is 1.60. The van der Waals surface area contributed by atoms with Gasteiger partial charge in [0.1, 0.15) is 10.4 Å². The van der Waals surface area contributed by atoms with Crippen molar-refractivity contribution in [3.05, 3.63) is 64.0 Å². The molecule has 0 aliphatic carbocycles. The van der Waals surface area contributed by atoms with Crippen LogP contribution >= 0.6 is 32.1 Å². The van der Waals surface area contributed by atoms with Gasteiger partial charge in [-0.3, -0.25) is 0 Å². The van der Waals surface area contributed by atoms with Gasteiger partial charge in [0.2, 0.25) is 0 Å². The quantitative estimate of drug-likeness (QED) is 0.493. The predicted molar refractivity (Wildman–Crippen MR) is 116 cm³/mol. The van der Waals surface area contributed by atoms with E-state index in [1.807, 2.05) is 24.3 Å². The fraction of sp³-hybridized carbons (Fsp3) is 0.381. The van der Waals surface area contributed by atoms with Crippen LogP contribution in [0.4, 0.5) is 4.39 Å². The van der Waals surface area contributed by atoms with Crippen LogP contribution in [0.25, 0.3) is 10.9 Å². The maximum Gasteiger partial charge on any atom is 0.137 e. The summed E-state index contributed by atoms with van der Waals surface area (Å²) in [4.78, 5) is 0. The van der Waals surface area contributed by atoms with Crippen LogP contribution in [0.1, 0.15) is 37.0 Å². The zero-order valence-electron chi connectivity index (χ0n) is 15.6. The Bertz CT molecular complexity index is 968. The van der Waals surface area contributed by atoms with Crippen LogP contribution < -0.4 is 5.32 Å². The van der Waals surface area contributed by atoms with Gasteiger partial charge < -0.3 is 10.1 Å². The number of hydrogen-bond donors (Lipinski definition) is 1. The first-order chi connectivity index (χ1) is 13.5. The maximum atomic E-state index is 13.4. The van der Waals surface area contributed by atoms with Gasteiger partial charge in [-0.15, -0.1) is 0 Å². The Hall–Kier alpha value is -1.28. The third-order valence-corrected chi connectivity index (χ3v) is 6.81. The summed E-state index contributed by atoms with van der Waals surface area (Å²) in [7, 11) is 0. The molecule has 4 nitrogen and oxygen atoms in total. The van der Waals surface area contributed by atoms with Crippen LogP contribution in [-0.4, -0.2) is 28.5 Å². The second-order valence-corrected chi connectivity index (χ2v) is 8.81. The third kappa shape index (κ3) is 3.77. The second kappa shape index (κ2) is 8.22. The van der Waals surface area contributed by atoms with Crippen LogP contribution in [0.3, 0.4) is 0 Å². The van der Waals surface area contributed by atoms with Crippen LogP contribution in [-0.2, 0) is 10.2 Å². The minimum Gasteiger partial charge on any atom is -0.373 e. The van der Waals surface area contributed by atoms with Crippen LogP contribution in [0, 0.1) is 5.82 Å². The van der Waals surface area contributed by atoms with Gasteiger partial charge >= 0.3 is 0 Å². The Morgan fingerprint density at radius 1 is 1.21 bits per heavy atom. The first-order valence-electron chi connectivity index (χ1n) is 9.42. The molecule has 3 aromatic rings. The molecule has 0 radical (unpaired) electrons. The molecule has 7 heteroatoms. The highest BCUT2D eigenvalue weighted by Crippen LogP contribution is 2.37. The lowest BCUT2D eigenvalue weighted by Crippen LogP contribution is -2.43. The van der Waals surface area contributed by atoms with Crippen molar-refractivity contribution in [3.63, 3.8) is 0 Å². The van der Waals surface area contributed by atoms with Crippen molar-refractivity contribution in [1.82, 2.24) is 14.1 Å². The molecule has 28 heavy (non-hydrogen) atoms. The fourth-order valence-electron chi connectivity index (χ4n) is 4.04. The summed E-state index contributed by atoms with van der Waals surface area (Å²) in [6, 6.07) is 13.0. The highest BCUT2D eigenvalue weighted by atomic mass is 79.9. The average molecular weight is 511 g/mol. The Morgan fingerprint density at radius 2 is 1.93 bits per heavy atom. The van der Waals surface area contributed by atoms with E-state index in [1.54, 1.807) is 15.8 Å². The first-order valence-corrected chi connectivity index (χ1v) is 10.9. The summed E-state index contributed by atoms with van der Waals surface area (Å²) < 4.78 is 22.4. The number of rotatable bonds is 5. The van der Waals surface area contributed by atoms with Crippen molar-refractivity contribution >= 4 is 43.0 Å². The summed E-state index contributed by atoms with van der Waals surface area (Å²) in [5, 5.41) is 8.87. The molecule has 1 atom stereocenters. The molecule has 1 fully saturated rings. The minimum atomic E-state index is -0.204. The lowest BCUT2D eigenvalue weighted by molar-refractivity contribution is 0.0172. The van der Waals surface area contributed by atoms with Crippen molar-refractivity contribution in [2.24, 2.45) is 0 Å². The molecule has 0 spiro atoms. The molecule has 2 heterocycles. The van der Waals surface area contributed by atoms with Gasteiger partial charge in [-0.05, 0) is 72.5 Å². The van der Waals surface area contributed by atoms with E-state index in [0.717, 1.165) is 52.6 Å². The molecule has 1 aliphatic heterocycles. The van der Waals surface area contributed by atoms with E-state index in [2.05, 4.69) is 55.5 Å². The molecule has 1 aliphatic rings. The van der Waals surface area contributed by atoms with Crippen molar-refractivity contribution < 1.29 is 9.13 Å². The largest absolute Gasteiger partial charge is 0.373 e. The van der Waals surface area contributed by atoms with Crippen LogP contribution in [0.2, 0.25) is 0 Å². The van der Waals surface area contributed by atoms with Gasteiger partial charge in [-0.25, -0.2) is 4.39 Å². The van der Waals surface area contributed by atoms with Crippen molar-refractivity contribution in [1.29, 1.82) is 0 Å². The summed E-state index contributed by atoms with van der Waals surface area (Å²) in [5.41, 5.74) is 3.13. The predicted octanol–water partition coefficient (Wildman–Crippen LogP) is 5.49. The number of ether oxygens (including phenoxy) is 1. The molecule has 1 saturated heterocycles. The summed E-state index contributed by atoms with van der Waals surface area (Å²) in [5.74, 6) is -0.204. The van der Waals surface area contributed by atoms with E-state index in [9.17, 15) is 4.39 Å². The van der Waals surface area contributed by atoms with E-state index in [0.29, 0.717) is 6.61 Å². The molecular weight excluding hydrogens is 489 g/mol. The zero-order chi connectivity index (χ0) is 19.7. The fourth-order valence-corrected chi connectivity index (χ4v) is 5.29. The molecular formula is C21H22Br2FN3O. The summed E-state index contributed by atoms with van der Waals surface area (Å²) >= 11 is 7.00. The number of nitrogens with zero attached hydrogens (tertiary/aromatic N) is 2. The number of nitrogens with one attached hydrogen (secondary N) is 1. The number of benzene rings is 2. The Labute approximate surface area is 180 Å². The van der Waals surface area contributed by atoms with Gasteiger partial charge in [0, 0.05) is 16.4 Å². The Kier molecular flexibility index (Phi) is 5.88. The molecule has 0 saturated carbocycles. The molecule has 0 amide bonds. The number of hydrogen-bond acceptors (Lipinski definition) is 3. The molecule has 0 bridgehead atoms. The summed E-state index contributed by atoms with van der Waals surface area (Å²) in [6.45, 7) is 4.54. The number of para-hydroxylation sites is 1. The van der Waals surface area contributed by atoms with E-state index < -0.39 is 0 Å². The molecule has 1 N–H and O–H groups in total. The van der Waals surface area contributed by atoms with Gasteiger partial charge in [-0.2, -0.15) is 8.81 Å². The molecule has 4 rings (SSSR count). The molecule has 2 aromatic carbocycles. The monoisotopic (exact) mass is 509 g/mol. The highest BCUT2D eigenvalue weighted by Gasteiger charge is 2.35. The van der Waals surface area contributed by atoms with E-state index in [4.69, 9.17) is 4.74 Å². The van der Waals surface area contributed by atoms with Crippen molar-refractivity contribution in [3.8, 4) is 0 Å². The highest BCUT2D eigenvalue weighted by molar-refractivity contribution is 9.10. The van der Waals surface area contributed by atoms with Crippen LogP contribution in [0.5, 0.6) is 0 Å². The zero-order valence-corrected chi connectivity index (χ0v) is 18.8. The number of piperidine rings is 1. The van der Waals surface area contributed by atoms with Gasteiger partial charge in [0.05, 0.1) is 34.4 Å². The third-order valence-electron chi connectivity index (χ3n) is 5.71. The first kappa shape index (κ1) is 20.0. The topological polar surface area (TPSA) is 39.1 Å². The SMILES string of the molecule is CC(OCC1(c2ccc(F)cc2)CCNCC1)c1cccc2c(Br)nn(Br)c12. The van der Waals surface area contributed by atoms with E-state index in [-0.39, 0.29) is 17.3 Å². The molecule has 1 aromatic heterocycles. The second-order valence-electron chi connectivity index (χ2n) is 7.38.